The molecule has 2 atom stereocenters. The molecule has 2 saturated carbocycles. The van der Waals surface area contributed by atoms with Gasteiger partial charge in [-0.1, -0.05) is 25.5 Å². The summed E-state index contributed by atoms with van der Waals surface area (Å²) in [4.78, 5) is 0. The lowest BCUT2D eigenvalue weighted by molar-refractivity contribution is 0.274. The van der Waals surface area contributed by atoms with E-state index in [2.05, 4.69) is 30.4 Å². The standard InChI is InChI=1S/C18H27NO/c1-13-6-7-14(8-13)12-19-17-9-16(10-17)15-4-3-5-18(11-15)20-2/h3-5,11,13-14,16-17,19H,6-10,12H2,1-2H3. The Hall–Kier alpha value is -1.02. The van der Waals surface area contributed by atoms with Crippen molar-refractivity contribution in [3.05, 3.63) is 29.8 Å². The molecular formula is C18H27NO. The van der Waals surface area contributed by atoms with Gasteiger partial charge in [0.05, 0.1) is 7.11 Å². The van der Waals surface area contributed by atoms with Gasteiger partial charge >= 0.3 is 0 Å². The van der Waals surface area contributed by atoms with Crippen molar-refractivity contribution in [2.24, 2.45) is 11.8 Å². The highest BCUT2D eigenvalue weighted by atomic mass is 16.5. The second-order valence-electron chi connectivity index (χ2n) is 6.83. The minimum Gasteiger partial charge on any atom is -0.497 e. The van der Waals surface area contributed by atoms with Crippen LogP contribution in [0.1, 0.15) is 50.5 Å². The van der Waals surface area contributed by atoms with Crippen molar-refractivity contribution in [2.75, 3.05) is 13.7 Å². The summed E-state index contributed by atoms with van der Waals surface area (Å²) in [5.41, 5.74) is 1.44. The Labute approximate surface area is 122 Å². The smallest absolute Gasteiger partial charge is 0.119 e. The fourth-order valence-corrected chi connectivity index (χ4v) is 3.80. The van der Waals surface area contributed by atoms with Gasteiger partial charge in [0.15, 0.2) is 0 Å². The predicted octanol–water partition coefficient (Wildman–Crippen LogP) is 3.97. The topological polar surface area (TPSA) is 21.3 Å². The van der Waals surface area contributed by atoms with Crippen molar-refractivity contribution in [3.63, 3.8) is 0 Å². The van der Waals surface area contributed by atoms with Gasteiger partial charge in [-0.3, -0.25) is 0 Å². The Morgan fingerprint density at radius 1 is 1.20 bits per heavy atom. The summed E-state index contributed by atoms with van der Waals surface area (Å²) >= 11 is 0. The zero-order valence-electron chi connectivity index (χ0n) is 12.8. The number of ether oxygens (including phenoxy) is 1. The van der Waals surface area contributed by atoms with Crippen molar-refractivity contribution in [1.82, 2.24) is 5.32 Å². The summed E-state index contributed by atoms with van der Waals surface area (Å²) in [6, 6.07) is 9.30. The third kappa shape index (κ3) is 3.17. The monoisotopic (exact) mass is 273 g/mol. The number of methoxy groups -OCH3 is 1. The van der Waals surface area contributed by atoms with E-state index < -0.39 is 0 Å². The fraction of sp³-hybridized carbons (Fsp3) is 0.667. The molecular weight excluding hydrogens is 246 g/mol. The van der Waals surface area contributed by atoms with Gasteiger partial charge in [-0.25, -0.2) is 0 Å². The number of nitrogens with one attached hydrogen (secondary N) is 1. The molecule has 0 spiro atoms. The van der Waals surface area contributed by atoms with Crippen LogP contribution in [0.15, 0.2) is 24.3 Å². The van der Waals surface area contributed by atoms with Crippen molar-refractivity contribution in [2.45, 2.75) is 51.0 Å². The third-order valence-corrected chi connectivity index (χ3v) is 5.20. The molecule has 2 aliphatic carbocycles. The van der Waals surface area contributed by atoms with Crippen LogP contribution in [-0.2, 0) is 0 Å². The molecule has 110 valence electrons. The van der Waals surface area contributed by atoms with Crippen LogP contribution in [0.25, 0.3) is 0 Å². The largest absolute Gasteiger partial charge is 0.497 e. The molecule has 2 unspecified atom stereocenters. The average Bonchev–Trinajstić information content (AvgIpc) is 2.83. The summed E-state index contributed by atoms with van der Waals surface area (Å²) in [5, 5.41) is 3.78. The Kier molecular flexibility index (Phi) is 4.30. The molecule has 0 radical (unpaired) electrons. The van der Waals surface area contributed by atoms with Crippen molar-refractivity contribution in [1.29, 1.82) is 0 Å². The van der Waals surface area contributed by atoms with Crippen LogP contribution in [-0.4, -0.2) is 19.7 Å². The van der Waals surface area contributed by atoms with E-state index in [0.29, 0.717) is 0 Å². The maximum absolute atomic E-state index is 5.31. The summed E-state index contributed by atoms with van der Waals surface area (Å²) < 4.78 is 5.31. The number of hydrogen-bond acceptors (Lipinski definition) is 2. The highest BCUT2D eigenvalue weighted by Crippen LogP contribution is 2.38. The molecule has 0 amide bonds. The molecule has 0 aliphatic heterocycles. The molecule has 0 heterocycles. The van der Waals surface area contributed by atoms with Crippen LogP contribution < -0.4 is 10.1 Å². The van der Waals surface area contributed by atoms with Crippen molar-refractivity contribution >= 4 is 0 Å². The van der Waals surface area contributed by atoms with Gasteiger partial charge in [-0.15, -0.1) is 0 Å². The highest BCUT2D eigenvalue weighted by molar-refractivity contribution is 5.32. The minimum atomic E-state index is 0.727. The molecule has 3 rings (SSSR count). The molecule has 0 saturated heterocycles. The van der Waals surface area contributed by atoms with E-state index in [1.165, 1.54) is 44.2 Å². The third-order valence-electron chi connectivity index (χ3n) is 5.20. The second-order valence-corrected chi connectivity index (χ2v) is 6.83. The van der Waals surface area contributed by atoms with Gasteiger partial charge in [0.25, 0.3) is 0 Å². The van der Waals surface area contributed by atoms with Crippen LogP contribution in [0.5, 0.6) is 5.75 Å². The second kappa shape index (κ2) is 6.17. The zero-order chi connectivity index (χ0) is 13.9. The molecule has 2 fully saturated rings. The van der Waals surface area contributed by atoms with Crippen LogP contribution >= 0.6 is 0 Å². The van der Waals surface area contributed by atoms with Crippen LogP contribution in [0.3, 0.4) is 0 Å². The Balaban J connectivity index is 1.42. The molecule has 0 aromatic heterocycles. The predicted molar refractivity (Wildman–Crippen MR) is 83.3 cm³/mol. The van der Waals surface area contributed by atoms with E-state index in [9.17, 15) is 0 Å². The van der Waals surface area contributed by atoms with Crippen molar-refractivity contribution in [3.8, 4) is 5.75 Å². The van der Waals surface area contributed by atoms with Gasteiger partial charge in [-0.2, -0.15) is 0 Å². The molecule has 1 aromatic carbocycles. The van der Waals surface area contributed by atoms with Gasteiger partial charge in [0, 0.05) is 6.04 Å². The molecule has 2 aliphatic rings. The first kappa shape index (κ1) is 13.9. The molecule has 2 heteroatoms. The molecule has 20 heavy (non-hydrogen) atoms. The van der Waals surface area contributed by atoms with E-state index in [-0.39, 0.29) is 0 Å². The molecule has 0 bridgehead atoms. The summed E-state index contributed by atoms with van der Waals surface area (Å²) in [6.07, 6.45) is 6.87. The SMILES string of the molecule is COc1cccc(C2CC(NCC3CCC(C)C3)C2)c1. The Morgan fingerprint density at radius 3 is 2.75 bits per heavy atom. The first-order chi connectivity index (χ1) is 9.74. The van der Waals surface area contributed by atoms with Crippen LogP contribution in [0.4, 0.5) is 0 Å². The number of hydrogen-bond donors (Lipinski definition) is 1. The number of rotatable bonds is 5. The average molecular weight is 273 g/mol. The lowest BCUT2D eigenvalue weighted by Gasteiger charge is -2.37. The van der Waals surface area contributed by atoms with Gasteiger partial charge in [0.1, 0.15) is 5.75 Å². The van der Waals surface area contributed by atoms with Gasteiger partial charge in [-0.05, 0) is 67.7 Å². The normalized spacial score (nSPS) is 32.9. The van der Waals surface area contributed by atoms with Crippen LogP contribution in [0.2, 0.25) is 0 Å². The number of benzene rings is 1. The lowest BCUT2D eigenvalue weighted by atomic mass is 9.75. The summed E-state index contributed by atoms with van der Waals surface area (Å²) in [7, 11) is 1.74. The molecule has 2 nitrogen and oxygen atoms in total. The van der Waals surface area contributed by atoms with Crippen LogP contribution in [0, 0.1) is 11.8 Å². The first-order valence-corrected chi connectivity index (χ1v) is 8.12. The quantitative estimate of drug-likeness (QED) is 0.876. The molecule has 1 aromatic rings. The van der Waals surface area contributed by atoms with Crippen molar-refractivity contribution < 1.29 is 4.74 Å². The maximum atomic E-state index is 5.31. The lowest BCUT2D eigenvalue weighted by Crippen LogP contribution is -2.42. The minimum absolute atomic E-state index is 0.727. The highest BCUT2D eigenvalue weighted by Gasteiger charge is 2.31. The van der Waals surface area contributed by atoms with E-state index >= 15 is 0 Å². The first-order valence-electron chi connectivity index (χ1n) is 8.12. The zero-order valence-corrected chi connectivity index (χ0v) is 12.8. The fourth-order valence-electron chi connectivity index (χ4n) is 3.80. The Bertz CT molecular complexity index is 439. The Morgan fingerprint density at radius 2 is 2.05 bits per heavy atom. The molecule has 1 N–H and O–H groups in total. The van der Waals surface area contributed by atoms with E-state index in [1.54, 1.807) is 7.11 Å². The van der Waals surface area contributed by atoms with Gasteiger partial charge < -0.3 is 10.1 Å². The van der Waals surface area contributed by atoms with E-state index in [1.807, 2.05) is 6.07 Å². The van der Waals surface area contributed by atoms with E-state index in [0.717, 1.165) is 29.5 Å². The summed E-state index contributed by atoms with van der Waals surface area (Å²) in [6.45, 7) is 3.63. The summed E-state index contributed by atoms with van der Waals surface area (Å²) in [5.74, 6) is 3.59. The van der Waals surface area contributed by atoms with Gasteiger partial charge in [0.2, 0.25) is 0 Å². The maximum Gasteiger partial charge on any atom is 0.119 e. The van der Waals surface area contributed by atoms with E-state index in [4.69, 9.17) is 4.74 Å².